The number of carbonyl (C=O) groups is 1. The fourth-order valence-electron chi connectivity index (χ4n) is 2.84. The molecule has 7 nitrogen and oxygen atoms in total. The third-order valence-electron chi connectivity index (χ3n) is 4.48. The molecule has 0 saturated carbocycles. The number of amides is 1. The molecule has 1 aliphatic rings. The first kappa shape index (κ1) is 22.2. The maximum absolute atomic E-state index is 12.1. The van der Waals surface area contributed by atoms with Crippen molar-refractivity contribution in [2.24, 2.45) is 11.1 Å². The SMILES string of the molecule is CC(=NOCC1CCN(C(=O)OC(C)(C)C)CC1)c1ccc(S(C)(=O)=O)cc1. The van der Waals surface area contributed by atoms with Crippen molar-refractivity contribution >= 4 is 21.6 Å². The van der Waals surface area contributed by atoms with Crippen molar-refractivity contribution in [2.75, 3.05) is 26.0 Å². The molecule has 1 saturated heterocycles. The summed E-state index contributed by atoms with van der Waals surface area (Å²) >= 11 is 0. The number of piperidine rings is 1. The average molecular weight is 411 g/mol. The Morgan fingerprint density at radius 2 is 1.75 bits per heavy atom. The van der Waals surface area contributed by atoms with Crippen LogP contribution in [-0.2, 0) is 19.4 Å². The highest BCUT2D eigenvalue weighted by atomic mass is 32.2. The van der Waals surface area contributed by atoms with E-state index in [9.17, 15) is 13.2 Å². The molecule has 0 unspecified atom stereocenters. The zero-order valence-corrected chi connectivity index (χ0v) is 18.1. The second kappa shape index (κ2) is 8.94. The molecule has 0 spiro atoms. The summed E-state index contributed by atoms with van der Waals surface area (Å²) in [6, 6.07) is 6.57. The van der Waals surface area contributed by atoms with Crippen molar-refractivity contribution in [3.63, 3.8) is 0 Å². The molecule has 1 amide bonds. The van der Waals surface area contributed by atoms with E-state index >= 15 is 0 Å². The fraction of sp³-hybridized carbons (Fsp3) is 0.600. The summed E-state index contributed by atoms with van der Waals surface area (Å²) in [5, 5.41) is 4.14. The van der Waals surface area contributed by atoms with E-state index in [-0.39, 0.29) is 11.0 Å². The van der Waals surface area contributed by atoms with Crippen LogP contribution in [-0.4, -0.2) is 56.7 Å². The lowest BCUT2D eigenvalue weighted by Crippen LogP contribution is -2.42. The lowest BCUT2D eigenvalue weighted by Gasteiger charge is -2.32. The summed E-state index contributed by atoms with van der Waals surface area (Å²) in [5.74, 6) is 0.336. The van der Waals surface area contributed by atoms with E-state index < -0.39 is 15.4 Å². The molecule has 1 aromatic carbocycles. The molecule has 1 aliphatic heterocycles. The minimum Gasteiger partial charge on any atom is -0.444 e. The Morgan fingerprint density at radius 3 is 2.25 bits per heavy atom. The largest absolute Gasteiger partial charge is 0.444 e. The van der Waals surface area contributed by atoms with Crippen molar-refractivity contribution in [1.29, 1.82) is 0 Å². The van der Waals surface area contributed by atoms with Gasteiger partial charge in [0.25, 0.3) is 0 Å². The third kappa shape index (κ3) is 6.82. The van der Waals surface area contributed by atoms with E-state index in [2.05, 4.69) is 5.16 Å². The number of rotatable bonds is 5. The van der Waals surface area contributed by atoms with Gasteiger partial charge in [0.05, 0.1) is 10.6 Å². The van der Waals surface area contributed by atoms with Gasteiger partial charge in [-0.15, -0.1) is 0 Å². The lowest BCUT2D eigenvalue weighted by atomic mass is 9.98. The number of oxime groups is 1. The number of carbonyl (C=O) groups excluding carboxylic acids is 1. The fourth-order valence-corrected chi connectivity index (χ4v) is 3.47. The Hall–Kier alpha value is -2.09. The molecule has 156 valence electrons. The Bertz CT molecular complexity index is 802. The Kier molecular flexibility index (Phi) is 7.09. The molecule has 0 bridgehead atoms. The van der Waals surface area contributed by atoms with Crippen molar-refractivity contribution < 1.29 is 22.8 Å². The number of sulfone groups is 1. The molecule has 0 aromatic heterocycles. The molecular formula is C20H30N2O5S. The second-order valence-corrected chi connectivity index (χ2v) is 10.2. The highest BCUT2D eigenvalue weighted by molar-refractivity contribution is 7.90. The van der Waals surface area contributed by atoms with Crippen LogP contribution in [0.3, 0.4) is 0 Å². The van der Waals surface area contributed by atoms with Gasteiger partial charge in [0.1, 0.15) is 12.2 Å². The molecular weight excluding hydrogens is 380 g/mol. The van der Waals surface area contributed by atoms with E-state index in [1.807, 2.05) is 27.7 Å². The highest BCUT2D eigenvalue weighted by Crippen LogP contribution is 2.20. The van der Waals surface area contributed by atoms with E-state index in [0.29, 0.717) is 31.3 Å². The van der Waals surface area contributed by atoms with Gasteiger partial charge in [-0.2, -0.15) is 0 Å². The van der Waals surface area contributed by atoms with Gasteiger partial charge in [-0.1, -0.05) is 17.3 Å². The number of hydrogen-bond acceptors (Lipinski definition) is 6. The summed E-state index contributed by atoms with van der Waals surface area (Å²) in [5.41, 5.74) is 1.02. The first-order valence-corrected chi connectivity index (χ1v) is 11.3. The molecule has 1 heterocycles. The van der Waals surface area contributed by atoms with Crippen LogP contribution in [0.2, 0.25) is 0 Å². The van der Waals surface area contributed by atoms with Crippen LogP contribution in [0.5, 0.6) is 0 Å². The van der Waals surface area contributed by atoms with Crippen LogP contribution in [0.4, 0.5) is 4.79 Å². The highest BCUT2D eigenvalue weighted by Gasteiger charge is 2.27. The number of nitrogens with zero attached hydrogens (tertiary/aromatic N) is 2. The number of ether oxygens (including phenoxy) is 1. The minimum atomic E-state index is -3.21. The van der Waals surface area contributed by atoms with Gasteiger partial charge in [0, 0.05) is 19.3 Å². The summed E-state index contributed by atoms with van der Waals surface area (Å²) < 4.78 is 28.4. The van der Waals surface area contributed by atoms with Crippen LogP contribution in [0, 0.1) is 5.92 Å². The summed E-state index contributed by atoms with van der Waals surface area (Å²) in [7, 11) is -3.21. The van der Waals surface area contributed by atoms with Gasteiger partial charge < -0.3 is 14.5 Å². The van der Waals surface area contributed by atoms with Gasteiger partial charge >= 0.3 is 6.09 Å². The number of hydrogen-bond donors (Lipinski definition) is 0. The van der Waals surface area contributed by atoms with Crippen LogP contribution >= 0.6 is 0 Å². The van der Waals surface area contributed by atoms with Gasteiger partial charge in [-0.25, -0.2) is 13.2 Å². The zero-order valence-electron chi connectivity index (χ0n) is 17.3. The predicted molar refractivity (Wildman–Crippen MR) is 108 cm³/mol. The lowest BCUT2D eigenvalue weighted by molar-refractivity contribution is 0.0121. The zero-order chi connectivity index (χ0) is 20.9. The standard InChI is InChI=1S/C20H30N2O5S/c1-15(17-6-8-18(9-7-17)28(5,24)25)21-26-14-16-10-12-22(13-11-16)19(23)27-20(2,3)4/h6-9,16H,10-14H2,1-5H3. The van der Waals surface area contributed by atoms with Crippen molar-refractivity contribution in [1.82, 2.24) is 4.90 Å². The maximum Gasteiger partial charge on any atom is 0.410 e. The number of benzene rings is 1. The summed E-state index contributed by atoms with van der Waals surface area (Å²) in [6.45, 7) is 9.19. The van der Waals surface area contributed by atoms with E-state index in [4.69, 9.17) is 9.57 Å². The smallest absolute Gasteiger partial charge is 0.410 e. The van der Waals surface area contributed by atoms with Gasteiger partial charge in [0.15, 0.2) is 9.84 Å². The molecule has 0 aliphatic carbocycles. The monoisotopic (exact) mass is 410 g/mol. The molecule has 0 N–H and O–H groups in total. The van der Waals surface area contributed by atoms with Crippen molar-refractivity contribution in [3.8, 4) is 0 Å². The topological polar surface area (TPSA) is 85.3 Å². The van der Waals surface area contributed by atoms with Crippen LogP contribution in [0.1, 0.15) is 46.1 Å². The minimum absolute atomic E-state index is 0.265. The van der Waals surface area contributed by atoms with Gasteiger partial charge in [0.2, 0.25) is 0 Å². The molecule has 8 heteroatoms. The van der Waals surface area contributed by atoms with Crippen LogP contribution < -0.4 is 0 Å². The van der Waals surface area contributed by atoms with Gasteiger partial charge in [-0.3, -0.25) is 0 Å². The summed E-state index contributed by atoms with van der Waals surface area (Å²) in [6.07, 6.45) is 2.60. The Labute approximate surface area is 167 Å². The summed E-state index contributed by atoms with van der Waals surface area (Å²) in [4.78, 5) is 19.6. The van der Waals surface area contributed by atoms with E-state index in [0.717, 1.165) is 18.4 Å². The molecule has 1 aromatic rings. The quantitative estimate of drug-likeness (QED) is 0.548. The Balaban J connectivity index is 1.80. The first-order chi connectivity index (χ1) is 13.0. The maximum atomic E-state index is 12.1. The molecule has 1 fully saturated rings. The molecule has 0 atom stereocenters. The molecule has 2 rings (SSSR count). The normalized spacial score (nSPS) is 16.8. The van der Waals surface area contributed by atoms with E-state index in [1.54, 1.807) is 29.2 Å². The van der Waals surface area contributed by atoms with Crippen LogP contribution in [0.15, 0.2) is 34.3 Å². The van der Waals surface area contributed by atoms with Crippen LogP contribution in [0.25, 0.3) is 0 Å². The molecule has 0 radical (unpaired) electrons. The van der Waals surface area contributed by atoms with E-state index in [1.165, 1.54) is 6.26 Å². The van der Waals surface area contributed by atoms with Crippen molar-refractivity contribution in [3.05, 3.63) is 29.8 Å². The third-order valence-corrected chi connectivity index (χ3v) is 5.61. The van der Waals surface area contributed by atoms with Crippen molar-refractivity contribution in [2.45, 2.75) is 51.0 Å². The predicted octanol–water partition coefficient (Wildman–Crippen LogP) is 3.48. The first-order valence-electron chi connectivity index (χ1n) is 9.41. The van der Waals surface area contributed by atoms with Gasteiger partial charge in [-0.05, 0) is 64.2 Å². The second-order valence-electron chi connectivity index (χ2n) is 8.18. The molecule has 28 heavy (non-hydrogen) atoms. The Morgan fingerprint density at radius 1 is 1.18 bits per heavy atom. The number of likely N-dealkylation sites (tertiary alicyclic amines) is 1. The average Bonchev–Trinajstić information content (AvgIpc) is 2.60.